The van der Waals surface area contributed by atoms with Gasteiger partial charge in [-0.3, -0.25) is 0 Å². The molecular weight excluding hydrogens is 394 g/mol. The Hall–Kier alpha value is -2.20. The highest BCUT2D eigenvalue weighted by Crippen LogP contribution is 2.37. The first kappa shape index (κ1) is 20.1. The summed E-state index contributed by atoms with van der Waals surface area (Å²) in [5, 5.41) is 8.72. The predicted molar refractivity (Wildman–Crippen MR) is 105 cm³/mol. The number of aryl methyl sites for hydroxylation is 2. The second kappa shape index (κ2) is 7.91. The molecule has 2 aromatic rings. The molecule has 1 fully saturated rings. The molecule has 2 aliphatic heterocycles. The van der Waals surface area contributed by atoms with Crippen LogP contribution in [0, 0.1) is 0 Å². The van der Waals surface area contributed by atoms with Gasteiger partial charge in [-0.25, -0.2) is 13.2 Å². The van der Waals surface area contributed by atoms with Gasteiger partial charge in [-0.05, 0) is 38.7 Å². The van der Waals surface area contributed by atoms with E-state index in [9.17, 15) is 13.2 Å². The fourth-order valence-electron chi connectivity index (χ4n) is 4.26. The smallest absolute Gasteiger partial charge is 0.354 e. The van der Waals surface area contributed by atoms with Gasteiger partial charge in [0.25, 0.3) is 0 Å². The van der Waals surface area contributed by atoms with E-state index < -0.39 is 16.0 Å². The van der Waals surface area contributed by atoms with Crippen LogP contribution in [0.2, 0.25) is 0 Å². The predicted octanol–water partition coefficient (Wildman–Crippen LogP) is 2.05. The zero-order chi connectivity index (χ0) is 20.6. The number of sulfonamides is 1. The topological polar surface area (TPSA) is 99.3 Å². The number of carbonyl (C=O) groups is 1. The van der Waals surface area contributed by atoms with Crippen LogP contribution in [0.4, 0.5) is 0 Å². The Labute approximate surface area is 170 Å². The van der Waals surface area contributed by atoms with Crippen LogP contribution in [0.3, 0.4) is 0 Å². The van der Waals surface area contributed by atoms with Crippen LogP contribution >= 0.6 is 0 Å². The van der Waals surface area contributed by atoms with E-state index in [4.69, 9.17) is 4.74 Å². The normalized spacial score (nSPS) is 20.4. The Balaban J connectivity index is 1.66. The third-order valence-corrected chi connectivity index (χ3v) is 7.58. The van der Waals surface area contributed by atoms with Gasteiger partial charge in [0.1, 0.15) is 16.4 Å². The highest BCUT2D eigenvalue weighted by atomic mass is 32.2. The number of hydrogen-bond donors (Lipinski definition) is 0. The Bertz CT molecular complexity index is 1010. The van der Waals surface area contributed by atoms with Gasteiger partial charge in [-0.2, -0.15) is 4.31 Å². The molecule has 9 nitrogen and oxygen atoms in total. The maximum atomic E-state index is 13.4. The molecule has 10 heteroatoms. The molecule has 4 rings (SSSR count). The summed E-state index contributed by atoms with van der Waals surface area (Å²) in [5.74, 6) is 1.16. The Morgan fingerprint density at radius 2 is 2.03 bits per heavy atom. The molecule has 0 radical (unpaired) electrons. The lowest BCUT2D eigenvalue weighted by molar-refractivity contribution is 0.0515. The lowest BCUT2D eigenvalue weighted by Gasteiger charge is -2.23. The van der Waals surface area contributed by atoms with Crippen LogP contribution in [0.25, 0.3) is 0 Å². The van der Waals surface area contributed by atoms with E-state index in [0.717, 1.165) is 56.7 Å². The van der Waals surface area contributed by atoms with Crippen molar-refractivity contribution in [2.75, 3.05) is 13.2 Å². The minimum Gasteiger partial charge on any atom is -0.461 e. The van der Waals surface area contributed by atoms with Crippen LogP contribution in [-0.2, 0) is 34.8 Å². The summed E-state index contributed by atoms with van der Waals surface area (Å²) in [4.78, 5) is 12.2. The fourth-order valence-corrected chi connectivity index (χ4v) is 5.99. The first-order chi connectivity index (χ1) is 13.9. The molecule has 29 heavy (non-hydrogen) atoms. The molecule has 1 unspecified atom stereocenters. The molecular formula is C19H27N5O4S. The van der Waals surface area contributed by atoms with Crippen LogP contribution < -0.4 is 0 Å². The maximum absolute atomic E-state index is 13.4. The van der Waals surface area contributed by atoms with Gasteiger partial charge in [0.2, 0.25) is 10.0 Å². The number of fused-ring (bicyclic) bond motifs is 1. The molecule has 0 N–H and O–H groups in total. The molecule has 0 amide bonds. The zero-order valence-electron chi connectivity index (χ0n) is 16.9. The van der Waals surface area contributed by atoms with Crippen molar-refractivity contribution in [3.63, 3.8) is 0 Å². The SMILES string of the molecule is CCOC(=O)c1cc(S(=O)(=O)N2CCCC2c2nnc3n2CCCCC3)cn1C. The minimum absolute atomic E-state index is 0.102. The molecule has 1 saturated heterocycles. The van der Waals surface area contributed by atoms with Gasteiger partial charge in [0.15, 0.2) is 5.82 Å². The van der Waals surface area contributed by atoms with E-state index in [-0.39, 0.29) is 23.2 Å². The van der Waals surface area contributed by atoms with Crippen molar-refractivity contribution in [1.82, 2.24) is 23.6 Å². The highest BCUT2D eigenvalue weighted by molar-refractivity contribution is 7.89. The molecule has 0 bridgehead atoms. The van der Waals surface area contributed by atoms with Crippen LogP contribution in [0.1, 0.15) is 67.2 Å². The van der Waals surface area contributed by atoms with Gasteiger partial charge >= 0.3 is 5.97 Å². The number of esters is 1. The Kier molecular flexibility index (Phi) is 5.48. The van der Waals surface area contributed by atoms with E-state index in [1.54, 1.807) is 14.0 Å². The van der Waals surface area contributed by atoms with Crippen molar-refractivity contribution < 1.29 is 17.9 Å². The maximum Gasteiger partial charge on any atom is 0.354 e. The number of ether oxygens (including phenoxy) is 1. The first-order valence-electron chi connectivity index (χ1n) is 10.2. The van der Waals surface area contributed by atoms with E-state index in [1.807, 2.05) is 0 Å². The molecule has 2 aromatic heterocycles. The van der Waals surface area contributed by atoms with E-state index in [0.29, 0.717) is 6.54 Å². The van der Waals surface area contributed by atoms with Gasteiger partial charge in [0.05, 0.1) is 12.6 Å². The standard InChI is InChI=1S/C19H27N5O4S/c1-3-28-19(25)16-12-14(13-22(16)2)29(26,27)24-11-7-8-15(24)18-21-20-17-9-5-4-6-10-23(17)18/h12-13,15H,3-11H2,1-2H3. The highest BCUT2D eigenvalue weighted by Gasteiger charge is 2.40. The zero-order valence-corrected chi connectivity index (χ0v) is 17.7. The number of carbonyl (C=O) groups excluding carboxylic acids is 1. The second-order valence-electron chi connectivity index (χ2n) is 7.60. The van der Waals surface area contributed by atoms with Crippen LogP contribution in [0.5, 0.6) is 0 Å². The third-order valence-electron chi connectivity index (χ3n) is 5.71. The number of hydrogen-bond acceptors (Lipinski definition) is 6. The van der Waals surface area contributed by atoms with Gasteiger partial charge in [-0.1, -0.05) is 6.42 Å². The van der Waals surface area contributed by atoms with Crippen molar-refractivity contribution in [2.45, 2.75) is 62.9 Å². The largest absolute Gasteiger partial charge is 0.461 e. The number of aromatic nitrogens is 4. The molecule has 4 heterocycles. The van der Waals surface area contributed by atoms with Crippen molar-refractivity contribution >= 4 is 16.0 Å². The van der Waals surface area contributed by atoms with Crippen LogP contribution in [0.15, 0.2) is 17.2 Å². The summed E-state index contributed by atoms with van der Waals surface area (Å²) in [6.07, 6.45) is 7.13. The fraction of sp³-hybridized carbons (Fsp3) is 0.632. The molecule has 0 aromatic carbocycles. The van der Waals surface area contributed by atoms with Gasteiger partial charge < -0.3 is 13.9 Å². The molecule has 0 aliphatic carbocycles. The summed E-state index contributed by atoms with van der Waals surface area (Å²) in [6.45, 7) is 3.21. The monoisotopic (exact) mass is 421 g/mol. The quantitative estimate of drug-likeness (QED) is 0.685. The Morgan fingerprint density at radius 3 is 2.83 bits per heavy atom. The molecule has 158 valence electrons. The average Bonchev–Trinajstić information content (AvgIpc) is 3.37. The molecule has 0 spiro atoms. The number of rotatable bonds is 5. The molecule has 0 saturated carbocycles. The Morgan fingerprint density at radius 1 is 1.21 bits per heavy atom. The van der Waals surface area contributed by atoms with Gasteiger partial charge in [-0.15, -0.1) is 10.2 Å². The summed E-state index contributed by atoms with van der Waals surface area (Å²) in [5.41, 5.74) is 0.220. The lowest BCUT2D eigenvalue weighted by Crippen LogP contribution is -2.32. The van der Waals surface area contributed by atoms with E-state index in [1.165, 1.54) is 21.1 Å². The molecule has 1 atom stereocenters. The van der Waals surface area contributed by atoms with Crippen molar-refractivity contribution in [2.24, 2.45) is 7.05 Å². The first-order valence-corrected chi connectivity index (χ1v) is 11.6. The van der Waals surface area contributed by atoms with Crippen molar-refractivity contribution in [3.05, 3.63) is 29.6 Å². The van der Waals surface area contributed by atoms with E-state index in [2.05, 4.69) is 14.8 Å². The third kappa shape index (κ3) is 3.59. The minimum atomic E-state index is -3.78. The average molecular weight is 422 g/mol. The summed E-state index contributed by atoms with van der Waals surface area (Å²) < 4.78 is 37.0. The van der Waals surface area contributed by atoms with Crippen molar-refractivity contribution in [3.8, 4) is 0 Å². The summed E-state index contributed by atoms with van der Waals surface area (Å²) in [6, 6.07) is 1.07. The van der Waals surface area contributed by atoms with E-state index >= 15 is 0 Å². The van der Waals surface area contributed by atoms with Crippen molar-refractivity contribution in [1.29, 1.82) is 0 Å². The lowest BCUT2D eigenvalue weighted by atomic mass is 10.2. The summed E-state index contributed by atoms with van der Waals surface area (Å²) >= 11 is 0. The van der Waals surface area contributed by atoms with Gasteiger partial charge in [0, 0.05) is 32.8 Å². The number of nitrogens with zero attached hydrogens (tertiary/aromatic N) is 5. The molecule has 2 aliphatic rings. The van der Waals surface area contributed by atoms with Crippen LogP contribution in [-0.4, -0.2) is 51.2 Å². The second-order valence-corrected chi connectivity index (χ2v) is 9.49. The summed E-state index contributed by atoms with van der Waals surface area (Å²) in [7, 11) is -2.13.